The van der Waals surface area contributed by atoms with Crippen LogP contribution >= 0.6 is 11.3 Å². The molecule has 0 amide bonds. The first kappa shape index (κ1) is 17.5. The van der Waals surface area contributed by atoms with Crippen molar-refractivity contribution in [3.8, 4) is 22.4 Å². The third kappa shape index (κ3) is 3.92. The van der Waals surface area contributed by atoms with Gasteiger partial charge in [-0.15, -0.1) is 11.3 Å². The van der Waals surface area contributed by atoms with E-state index in [1.165, 1.54) is 11.1 Å². The Morgan fingerprint density at radius 3 is 2.00 bits per heavy atom. The molecule has 4 heteroatoms. The van der Waals surface area contributed by atoms with Crippen LogP contribution in [0.3, 0.4) is 0 Å². The number of thiazole rings is 1. The highest BCUT2D eigenvalue weighted by Crippen LogP contribution is 2.25. The summed E-state index contributed by atoms with van der Waals surface area (Å²) in [7, 11) is 0. The molecule has 3 aromatic carbocycles. The molecule has 0 unspecified atom stereocenters. The third-order valence-corrected chi connectivity index (χ3v) is 5.25. The zero-order chi connectivity index (χ0) is 18.5. The van der Waals surface area contributed by atoms with Gasteiger partial charge in [-0.1, -0.05) is 72.8 Å². The van der Waals surface area contributed by atoms with E-state index < -0.39 is 0 Å². The molecule has 4 aromatic rings. The highest BCUT2D eigenvalue weighted by molar-refractivity contribution is 7.07. The minimum absolute atomic E-state index is 0.0772. The smallest absolute Gasteiger partial charge is 0.190 e. The summed E-state index contributed by atoms with van der Waals surface area (Å²) < 4.78 is 2.08. The van der Waals surface area contributed by atoms with E-state index in [0.29, 0.717) is 6.54 Å². The summed E-state index contributed by atoms with van der Waals surface area (Å²) >= 11 is 1.59. The molecular formula is C23H20N2OS. The average molecular weight is 372 g/mol. The number of rotatable bonds is 5. The van der Waals surface area contributed by atoms with Gasteiger partial charge in [0.15, 0.2) is 4.80 Å². The lowest BCUT2D eigenvalue weighted by Crippen LogP contribution is -2.17. The molecule has 0 saturated heterocycles. The molecule has 0 atom stereocenters. The predicted octanol–water partition coefficient (Wildman–Crippen LogP) is 5.11. The van der Waals surface area contributed by atoms with Crippen LogP contribution in [0, 0.1) is 0 Å². The van der Waals surface area contributed by atoms with Crippen LogP contribution in [0.25, 0.3) is 22.4 Å². The van der Waals surface area contributed by atoms with Gasteiger partial charge in [-0.05, 0) is 28.8 Å². The Balaban J connectivity index is 1.73. The monoisotopic (exact) mass is 372 g/mol. The number of benzene rings is 3. The van der Waals surface area contributed by atoms with Gasteiger partial charge in [0, 0.05) is 11.9 Å². The number of aliphatic hydroxyl groups is 1. The van der Waals surface area contributed by atoms with Gasteiger partial charge in [-0.2, -0.15) is 0 Å². The number of nitrogens with zero attached hydrogens (tertiary/aromatic N) is 2. The molecule has 27 heavy (non-hydrogen) atoms. The molecular weight excluding hydrogens is 352 g/mol. The Morgan fingerprint density at radius 2 is 1.33 bits per heavy atom. The van der Waals surface area contributed by atoms with E-state index in [1.807, 2.05) is 36.4 Å². The number of hydrogen-bond acceptors (Lipinski definition) is 3. The van der Waals surface area contributed by atoms with E-state index in [2.05, 4.69) is 58.5 Å². The van der Waals surface area contributed by atoms with Crippen molar-refractivity contribution in [2.75, 3.05) is 6.61 Å². The lowest BCUT2D eigenvalue weighted by molar-refractivity contribution is 0.275. The second-order valence-corrected chi connectivity index (χ2v) is 7.01. The predicted molar refractivity (Wildman–Crippen MR) is 112 cm³/mol. The van der Waals surface area contributed by atoms with Gasteiger partial charge >= 0.3 is 0 Å². The lowest BCUT2D eigenvalue weighted by atomic mass is 10.0. The molecule has 0 bridgehead atoms. The fraction of sp³-hybridized carbons (Fsp3) is 0.0870. The summed E-state index contributed by atoms with van der Waals surface area (Å²) in [6, 6.07) is 28.8. The molecule has 0 aliphatic heterocycles. The van der Waals surface area contributed by atoms with Gasteiger partial charge in [-0.25, -0.2) is 4.99 Å². The van der Waals surface area contributed by atoms with Gasteiger partial charge in [0.1, 0.15) is 0 Å². The first-order valence-electron chi connectivity index (χ1n) is 8.90. The zero-order valence-electron chi connectivity index (χ0n) is 14.8. The molecule has 0 saturated carbocycles. The molecule has 134 valence electrons. The van der Waals surface area contributed by atoms with Crippen molar-refractivity contribution in [2.45, 2.75) is 6.54 Å². The molecule has 0 fully saturated rings. The van der Waals surface area contributed by atoms with E-state index in [4.69, 9.17) is 4.99 Å². The van der Waals surface area contributed by atoms with Crippen LogP contribution in [0.2, 0.25) is 0 Å². The van der Waals surface area contributed by atoms with Crippen LogP contribution < -0.4 is 4.80 Å². The summed E-state index contributed by atoms with van der Waals surface area (Å²) in [5.41, 5.74) is 5.50. The van der Waals surface area contributed by atoms with Crippen LogP contribution in [-0.2, 0) is 6.54 Å². The number of aromatic nitrogens is 1. The Morgan fingerprint density at radius 1 is 0.741 bits per heavy atom. The van der Waals surface area contributed by atoms with E-state index >= 15 is 0 Å². The first-order valence-corrected chi connectivity index (χ1v) is 9.78. The molecule has 1 N–H and O–H groups in total. The Hall–Kier alpha value is -2.95. The fourth-order valence-electron chi connectivity index (χ4n) is 3.04. The number of aliphatic hydroxyl groups excluding tert-OH is 1. The van der Waals surface area contributed by atoms with Crippen molar-refractivity contribution >= 4 is 17.0 Å². The topological polar surface area (TPSA) is 37.5 Å². The van der Waals surface area contributed by atoms with E-state index in [-0.39, 0.29) is 6.61 Å². The van der Waals surface area contributed by atoms with Gasteiger partial charge in [-0.3, -0.25) is 0 Å². The van der Waals surface area contributed by atoms with Crippen molar-refractivity contribution < 1.29 is 5.11 Å². The number of hydrogen-bond donors (Lipinski definition) is 1. The van der Waals surface area contributed by atoms with E-state index in [0.717, 1.165) is 21.7 Å². The maximum atomic E-state index is 9.53. The van der Waals surface area contributed by atoms with Gasteiger partial charge in [0.25, 0.3) is 0 Å². The normalized spacial score (nSPS) is 11.7. The fourth-order valence-corrected chi connectivity index (χ4v) is 4.00. The minimum Gasteiger partial charge on any atom is -0.395 e. The van der Waals surface area contributed by atoms with Crippen molar-refractivity contribution in [1.82, 2.24) is 4.57 Å². The quantitative estimate of drug-likeness (QED) is 0.519. The maximum absolute atomic E-state index is 9.53. The molecule has 1 heterocycles. The standard InChI is InChI=1S/C23H20N2OS/c26-16-15-25-22(17-27-23(25)24-21-9-5-2-6-10-21)20-13-11-19(12-14-20)18-7-3-1-4-8-18/h1-14,17,26H,15-16H2. The van der Waals surface area contributed by atoms with Crippen LogP contribution in [0.5, 0.6) is 0 Å². The van der Waals surface area contributed by atoms with Crippen LogP contribution in [0.15, 0.2) is 95.3 Å². The maximum Gasteiger partial charge on any atom is 0.190 e. The Kier molecular flexibility index (Phi) is 5.28. The molecule has 1 aromatic heterocycles. The summed E-state index contributed by atoms with van der Waals surface area (Å²) in [5, 5.41) is 11.6. The molecule has 0 aliphatic carbocycles. The summed E-state index contributed by atoms with van der Waals surface area (Å²) in [5.74, 6) is 0. The second kappa shape index (κ2) is 8.16. The van der Waals surface area contributed by atoms with Crippen LogP contribution in [-0.4, -0.2) is 16.3 Å². The SMILES string of the molecule is OCCn1c(-c2ccc(-c3ccccc3)cc2)csc1=Nc1ccccc1. The molecule has 0 radical (unpaired) electrons. The van der Waals surface area contributed by atoms with Gasteiger partial charge in [0.05, 0.1) is 18.0 Å². The molecule has 0 spiro atoms. The van der Waals surface area contributed by atoms with E-state index in [1.54, 1.807) is 11.3 Å². The molecule has 3 nitrogen and oxygen atoms in total. The largest absolute Gasteiger partial charge is 0.395 e. The van der Waals surface area contributed by atoms with Crippen LogP contribution in [0.1, 0.15) is 0 Å². The Labute approximate surface area is 162 Å². The average Bonchev–Trinajstić information content (AvgIpc) is 3.12. The zero-order valence-corrected chi connectivity index (χ0v) is 15.6. The third-order valence-electron chi connectivity index (χ3n) is 4.39. The van der Waals surface area contributed by atoms with E-state index in [9.17, 15) is 5.11 Å². The number of para-hydroxylation sites is 1. The summed E-state index contributed by atoms with van der Waals surface area (Å²) in [6.45, 7) is 0.596. The highest BCUT2D eigenvalue weighted by atomic mass is 32.1. The van der Waals surface area contributed by atoms with Gasteiger partial charge in [0.2, 0.25) is 0 Å². The lowest BCUT2D eigenvalue weighted by Gasteiger charge is -2.09. The molecule has 4 rings (SSSR count). The summed E-state index contributed by atoms with van der Waals surface area (Å²) in [4.78, 5) is 5.63. The summed E-state index contributed by atoms with van der Waals surface area (Å²) in [6.07, 6.45) is 0. The first-order chi connectivity index (χ1) is 13.3. The van der Waals surface area contributed by atoms with Gasteiger partial charge < -0.3 is 9.67 Å². The highest BCUT2D eigenvalue weighted by Gasteiger charge is 2.08. The Bertz CT molecular complexity index is 1060. The van der Waals surface area contributed by atoms with Crippen LogP contribution in [0.4, 0.5) is 5.69 Å². The van der Waals surface area contributed by atoms with Crippen molar-refractivity contribution in [1.29, 1.82) is 0 Å². The van der Waals surface area contributed by atoms with Crippen molar-refractivity contribution in [3.05, 3.63) is 95.1 Å². The van der Waals surface area contributed by atoms with Crippen molar-refractivity contribution in [2.24, 2.45) is 4.99 Å². The van der Waals surface area contributed by atoms with Crippen molar-refractivity contribution in [3.63, 3.8) is 0 Å². The molecule has 0 aliphatic rings. The second-order valence-electron chi connectivity index (χ2n) is 6.17. The minimum atomic E-state index is 0.0772.